The van der Waals surface area contributed by atoms with Crippen LogP contribution >= 0.6 is 0 Å². The molecule has 2 aliphatic heterocycles. The van der Waals surface area contributed by atoms with Gasteiger partial charge in [-0.25, -0.2) is 0 Å². The molecule has 2 heterocycles. The van der Waals surface area contributed by atoms with Crippen molar-refractivity contribution in [3.8, 4) is 0 Å². The highest BCUT2D eigenvalue weighted by atomic mass is 15.3. The molecule has 2 aliphatic rings. The lowest BCUT2D eigenvalue weighted by Crippen LogP contribution is -2.55. The van der Waals surface area contributed by atoms with Gasteiger partial charge in [-0.05, 0) is 71.6 Å². The standard InChI is InChI=1S/C15H31N3/c1-3-9-17-10-5-7-15(13-16,8-12-17)18-11-4-6-14(18)2/h14H,3-13,16H2,1-2H3. The van der Waals surface area contributed by atoms with Crippen molar-refractivity contribution >= 4 is 0 Å². The van der Waals surface area contributed by atoms with Gasteiger partial charge in [-0.15, -0.1) is 0 Å². The summed E-state index contributed by atoms with van der Waals surface area (Å²) in [7, 11) is 0. The highest BCUT2D eigenvalue weighted by molar-refractivity contribution is 4.98. The van der Waals surface area contributed by atoms with Gasteiger partial charge in [0.05, 0.1) is 0 Å². The fourth-order valence-electron chi connectivity index (χ4n) is 4.02. The molecule has 0 aliphatic carbocycles. The highest BCUT2D eigenvalue weighted by Crippen LogP contribution is 2.34. The van der Waals surface area contributed by atoms with Crippen molar-refractivity contribution in [2.45, 2.75) is 64.0 Å². The molecular weight excluding hydrogens is 222 g/mol. The molecule has 0 radical (unpaired) electrons. The average molecular weight is 253 g/mol. The lowest BCUT2D eigenvalue weighted by Gasteiger charge is -2.43. The number of rotatable bonds is 4. The predicted molar refractivity (Wildman–Crippen MR) is 77.8 cm³/mol. The van der Waals surface area contributed by atoms with Gasteiger partial charge < -0.3 is 10.6 Å². The quantitative estimate of drug-likeness (QED) is 0.832. The minimum absolute atomic E-state index is 0.304. The molecule has 2 N–H and O–H groups in total. The van der Waals surface area contributed by atoms with Gasteiger partial charge in [-0.3, -0.25) is 4.90 Å². The SMILES string of the molecule is CCCN1CCCC(CN)(N2CCCC2C)CC1. The molecule has 2 atom stereocenters. The highest BCUT2D eigenvalue weighted by Gasteiger charge is 2.40. The van der Waals surface area contributed by atoms with Crippen LogP contribution in [0.25, 0.3) is 0 Å². The molecule has 0 aromatic carbocycles. The first-order valence-corrected chi connectivity index (χ1v) is 7.91. The van der Waals surface area contributed by atoms with Crippen molar-refractivity contribution < 1.29 is 0 Å². The summed E-state index contributed by atoms with van der Waals surface area (Å²) in [6, 6.07) is 0.742. The minimum Gasteiger partial charge on any atom is -0.329 e. The lowest BCUT2D eigenvalue weighted by atomic mass is 9.88. The third-order valence-electron chi connectivity index (χ3n) is 5.09. The zero-order valence-electron chi connectivity index (χ0n) is 12.3. The van der Waals surface area contributed by atoms with E-state index in [1.165, 1.54) is 64.7 Å². The molecule has 2 rings (SSSR count). The molecule has 0 spiro atoms. The summed E-state index contributed by atoms with van der Waals surface area (Å²) in [5.41, 5.74) is 6.51. The van der Waals surface area contributed by atoms with Crippen molar-refractivity contribution in [1.82, 2.24) is 9.80 Å². The van der Waals surface area contributed by atoms with E-state index in [2.05, 4.69) is 23.6 Å². The topological polar surface area (TPSA) is 32.5 Å². The van der Waals surface area contributed by atoms with E-state index >= 15 is 0 Å². The van der Waals surface area contributed by atoms with Gasteiger partial charge in [-0.1, -0.05) is 6.92 Å². The lowest BCUT2D eigenvalue weighted by molar-refractivity contribution is 0.0717. The Bertz CT molecular complexity index is 256. The molecule has 2 saturated heterocycles. The summed E-state index contributed by atoms with van der Waals surface area (Å²) >= 11 is 0. The Morgan fingerprint density at radius 2 is 2.00 bits per heavy atom. The first-order valence-electron chi connectivity index (χ1n) is 7.91. The van der Waals surface area contributed by atoms with Crippen LogP contribution in [0.4, 0.5) is 0 Å². The molecule has 0 aromatic rings. The minimum atomic E-state index is 0.304. The van der Waals surface area contributed by atoms with Gasteiger partial charge in [0.25, 0.3) is 0 Å². The second-order valence-corrected chi connectivity index (χ2v) is 6.31. The van der Waals surface area contributed by atoms with E-state index in [1.807, 2.05) is 0 Å². The number of hydrogen-bond donors (Lipinski definition) is 1. The second kappa shape index (κ2) is 6.36. The maximum Gasteiger partial charge on any atom is 0.0347 e. The molecule has 2 fully saturated rings. The summed E-state index contributed by atoms with van der Waals surface area (Å²) < 4.78 is 0. The van der Waals surface area contributed by atoms with Crippen LogP contribution in [-0.2, 0) is 0 Å². The monoisotopic (exact) mass is 253 g/mol. The summed E-state index contributed by atoms with van der Waals surface area (Å²) in [6.07, 6.45) is 7.89. The maximum atomic E-state index is 6.21. The van der Waals surface area contributed by atoms with Crippen molar-refractivity contribution in [1.29, 1.82) is 0 Å². The van der Waals surface area contributed by atoms with E-state index in [1.54, 1.807) is 0 Å². The van der Waals surface area contributed by atoms with Crippen LogP contribution < -0.4 is 5.73 Å². The molecule has 106 valence electrons. The van der Waals surface area contributed by atoms with E-state index in [4.69, 9.17) is 5.73 Å². The summed E-state index contributed by atoms with van der Waals surface area (Å²) in [6.45, 7) is 10.6. The Morgan fingerprint density at radius 3 is 2.61 bits per heavy atom. The molecule has 18 heavy (non-hydrogen) atoms. The maximum absolute atomic E-state index is 6.21. The third-order valence-corrected chi connectivity index (χ3v) is 5.09. The predicted octanol–water partition coefficient (Wildman–Crippen LogP) is 2.06. The van der Waals surface area contributed by atoms with Crippen LogP contribution in [0, 0.1) is 0 Å². The number of nitrogens with two attached hydrogens (primary N) is 1. The van der Waals surface area contributed by atoms with Gasteiger partial charge in [0.2, 0.25) is 0 Å². The van der Waals surface area contributed by atoms with Crippen LogP contribution in [0.15, 0.2) is 0 Å². The summed E-state index contributed by atoms with van der Waals surface area (Å²) in [5, 5.41) is 0. The number of nitrogens with zero attached hydrogens (tertiary/aromatic N) is 2. The van der Waals surface area contributed by atoms with Gasteiger partial charge >= 0.3 is 0 Å². The largest absolute Gasteiger partial charge is 0.329 e. The smallest absolute Gasteiger partial charge is 0.0347 e. The van der Waals surface area contributed by atoms with Gasteiger partial charge in [-0.2, -0.15) is 0 Å². The molecule has 0 bridgehead atoms. The van der Waals surface area contributed by atoms with Gasteiger partial charge in [0.15, 0.2) is 0 Å². The molecule has 0 saturated carbocycles. The normalized spacial score (nSPS) is 35.8. The van der Waals surface area contributed by atoms with E-state index in [-0.39, 0.29) is 0 Å². The van der Waals surface area contributed by atoms with E-state index < -0.39 is 0 Å². The Hall–Kier alpha value is -0.120. The van der Waals surface area contributed by atoms with Crippen molar-refractivity contribution in [3.63, 3.8) is 0 Å². The van der Waals surface area contributed by atoms with Gasteiger partial charge in [0, 0.05) is 18.1 Å². The van der Waals surface area contributed by atoms with E-state index in [9.17, 15) is 0 Å². The Balaban J connectivity index is 2.03. The zero-order valence-corrected chi connectivity index (χ0v) is 12.3. The second-order valence-electron chi connectivity index (χ2n) is 6.31. The fourth-order valence-corrected chi connectivity index (χ4v) is 4.02. The number of likely N-dealkylation sites (tertiary alicyclic amines) is 2. The van der Waals surface area contributed by atoms with Crippen molar-refractivity contribution in [2.24, 2.45) is 5.73 Å². The van der Waals surface area contributed by atoms with E-state index in [0.29, 0.717) is 5.54 Å². The van der Waals surface area contributed by atoms with Crippen LogP contribution in [0.3, 0.4) is 0 Å². The number of hydrogen-bond acceptors (Lipinski definition) is 3. The molecule has 3 nitrogen and oxygen atoms in total. The zero-order chi connectivity index (χ0) is 13.0. The summed E-state index contributed by atoms with van der Waals surface area (Å²) in [5.74, 6) is 0. The van der Waals surface area contributed by atoms with Gasteiger partial charge in [0.1, 0.15) is 0 Å². The van der Waals surface area contributed by atoms with Crippen LogP contribution in [0.5, 0.6) is 0 Å². The molecule has 3 heteroatoms. The van der Waals surface area contributed by atoms with Crippen LogP contribution in [0.1, 0.15) is 52.4 Å². The Kier molecular flexibility index (Phi) is 5.05. The average Bonchev–Trinajstić information content (AvgIpc) is 2.70. The van der Waals surface area contributed by atoms with Crippen LogP contribution in [-0.4, -0.2) is 54.1 Å². The first-order chi connectivity index (χ1) is 8.72. The van der Waals surface area contributed by atoms with E-state index in [0.717, 1.165) is 12.6 Å². The third kappa shape index (κ3) is 2.89. The van der Waals surface area contributed by atoms with Crippen LogP contribution in [0.2, 0.25) is 0 Å². The van der Waals surface area contributed by atoms with Crippen molar-refractivity contribution in [2.75, 3.05) is 32.7 Å². The molecular formula is C15H31N3. The first kappa shape index (κ1) is 14.3. The Labute approximate surface area is 113 Å². The van der Waals surface area contributed by atoms with Crippen molar-refractivity contribution in [3.05, 3.63) is 0 Å². The molecule has 0 aromatic heterocycles. The summed E-state index contributed by atoms with van der Waals surface area (Å²) in [4.78, 5) is 5.38. The molecule has 2 unspecified atom stereocenters. The fraction of sp³-hybridized carbons (Fsp3) is 1.00. The Morgan fingerprint density at radius 1 is 1.17 bits per heavy atom. The molecule has 0 amide bonds.